The number of nitrogens with two attached hydrogens (primary N) is 5. The summed E-state index contributed by atoms with van der Waals surface area (Å²) in [5.74, 6) is -7.34. The van der Waals surface area contributed by atoms with Gasteiger partial charge in [-0.15, -0.1) is 0 Å². The zero-order valence-electron chi connectivity index (χ0n) is 29.4. The van der Waals surface area contributed by atoms with Gasteiger partial charge in [-0.1, -0.05) is 0 Å². The molecule has 0 aromatic heterocycles. The maximum absolute atomic E-state index is 13.2. The third kappa shape index (κ3) is 20.2. The Balaban J connectivity index is 5.69. The van der Waals surface area contributed by atoms with Gasteiger partial charge in [0.2, 0.25) is 41.4 Å². The Bertz CT molecular complexity index is 1250. The van der Waals surface area contributed by atoms with E-state index >= 15 is 0 Å². The molecule has 0 heterocycles. The number of aliphatic carboxylic acids is 1. The molecule has 0 unspecified atom stereocenters. The molecule has 0 bridgehead atoms. The van der Waals surface area contributed by atoms with Crippen molar-refractivity contribution in [1.82, 2.24) is 31.9 Å². The van der Waals surface area contributed by atoms with Gasteiger partial charge in [0.05, 0.1) is 25.6 Å². The SMILES string of the molecule is CSCC[C@H](NC(=O)[C@H](C)N)C(=O)N[C@@H](CC(N)=O)C(=O)N[C@@H](CO)C(=O)N[C@@H](CCCCN)C(=O)NCC(=O)N[C@@H](CCCN=C(N)N)C(=O)O. The van der Waals surface area contributed by atoms with Crippen molar-refractivity contribution in [2.75, 3.05) is 38.2 Å². The Kier molecular flexibility index (Phi) is 23.7. The summed E-state index contributed by atoms with van der Waals surface area (Å²) in [6.45, 7) is 0.168. The van der Waals surface area contributed by atoms with Crippen molar-refractivity contribution >= 4 is 65.0 Å². The maximum atomic E-state index is 13.2. The molecule has 0 saturated heterocycles. The largest absolute Gasteiger partial charge is 0.480 e. The number of carbonyl (C=O) groups is 8. The molecule has 22 nitrogen and oxygen atoms in total. The van der Waals surface area contributed by atoms with Crippen molar-refractivity contribution in [3.05, 3.63) is 0 Å². The normalized spacial score (nSPS) is 14.2. The first-order chi connectivity index (χ1) is 24.5. The number of thioether (sulfide) groups is 1. The Hall–Kier alpha value is -4.74. The second-order valence-corrected chi connectivity index (χ2v) is 12.6. The summed E-state index contributed by atoms with van der Waals surface area (Å²) in [5.41, 5.74) is 26.9. The maximum Gasteiger partial charge on any atom is 0.326 e. The van der Waals surface area contributed by atoms with E-state index in [0.29, 0.717) is 18.6 Å². The number of nitrogens with zero attached hydrogens (tertiary/aromatic N) is 1. The lowest BCUT2D eigenvalue weighted by Gasteiger charge is -2.25. The number of aliphatic imine (C=N–C) groups is 1. The molecule has 0 aromatic carbocycles. The van der Waals surface area contributed by atoms with Crippen LogP contribution < -0.4 is 60.6 Å². The fourth-order valence-electron chi connectivity index (χ4n) is 4.29. The predicted octanol–water partition coefficient (Wildman–Crippen LogP) is -6.24. The third-order valence-corrected chi connectivity index (χ3v) is 7.74. The van der Waals surface area contributed by atoms with Crippen LogP contribution in [0, 0.1) is 0 Å². The topological polar surface area (TPSA) is 392 Å². The summed E-state index contributed by atoms with van der Waals surface area (Å²) >= 11 is 1.38. The van der Waals surface area contributed by atoms with Crippen LogP contribution in [-0.4, -0.2) is 138 Å². The summed E-state index contributed by atoms with van der Waals surface area (Å²) in [7, 11) is 0. The molecule has 7 amide bonds. The number of nitrogens with one attached hydrogen (secondary N) is 6. The quantitative estimate of drug-likeness (QED) is 0.0210. The van der Waals surface area contributed by atoms with Gasteiger partial charge in [-0.05, 0) is 64.0 Å². The number of unbranched alkanes of at least 4 members (excludes halogenated alkanes) is 1. The van der Waals surface area contributed by atoms with E-state index in [9.17, 15) is 48.6 Å². The van der Waals surface area contributed by atoms with Gasteiger partial charge in [0.1, 0.15) is 30.2 Å². The molecule has 296 valence electrons. The van der Waals surface area contributed by atoms with Gasteiger partial charge in [0.25, 0.3) is 0 Å². The zero-order chi connectivity index (χ0) is 39.8. The number of hydrogen-bond donors (Lipinski definition) is 13. The average molecular weight is 763 g/mol. The average Bonchev–Trinajstić information content (AvgIpc) is 3.07. The van der Waals surface area contributed by atoms with Crippen LogP contribution >= 0.6 is 11.8 Å². The molecule has 0 aromatic rings. The van der Waals surface area contributed by atoms with Crippen molar-refractivity contribution in [2.24, 2.45) is 33.7 Å². The number of hydrogen-bond acceptors (Lipinski definition) is 13. The van der Waals surface area contributed by atoms with E-state index < -0.39 is 103 Å². The molecule has 52 heavy (non-hydrogen) atoms. The summed E-state index contributed by atoms with van der Waals surface area (Å²) in [4.78, 5) is 104. The fraction of sp³-hybridized carbons (Fsp3) is 0.690. The first-order valence-corrected chi connectivity index (χ1v) is 17.8. The molecule has 0 aliphatic heterocycles. The molecule has 23 heteroatoms. The summed E-state index contributed by atoms with van der Waals surface area (Å²) in [5, 5.41) is 33.3. The molecule has 0 rings (SSSR count). The van der Waals surface area contributed by atoms with E-state index in [1.54, 1.807) is 6.26 Å². The highest BCUT2D eigenvalue weighted by atomic mass is 32.2. The van der Waals surface area contributed by atoms with E-state index in [-0.39, 0.29) is 44.7 Å². The van der Waals surface area contributed by atoms with Crippen molar-refractivity contribution in [2.45, 2.75) is 88.1 Å². The minimum atomic E-state index is -1.69. The summed E-state index contributed by atoms with van der Waals surface area (Å²) < 4.78 is 0. The monoisotopic (exact) mass is 762 g/mol. The number of aliphatic hydroxyl groups excluding tert-OH is 1. The Morgan fingerprint density at radius 3 is 1.79 bits per heavy atom. The molecule has 18 N–H and O–H groups in total. The van der Waals surface area contributed by atoms with Gasteiger partial charge in [-0.2, -0.15) is 11.8 Å². The molecule has 0 aliphatic rings. The predicted molar refractivity (Wildman–Crippen MR) is 191 cm³/mol. The lowest BCUT2D eigenvalue weighted by molar-refractivity contribution is -0.142. The number of aliphatic hydroxyl groups is 1. The Morgan fingerprint density at radius 2 is 1.25 bits per heavy atom. The highest BCUT2D eigenvalue weighted by molar-refractivity contribution is 7.98. The fourth-order valence-corrected chi connectivity index (χ4v) is 4.76. The van der Waals surface area contributed by atoms with Crippen LogP contribution in [0.1, 0.15) is 51.9 Å². The number of rotatable bonds is 27. The van der Waals surface area contributed by atoms with Gasteiger partial charge < -0.3 is 70.8 Å². The first kappa shape index (κ1) is 47.3. The number of amides is 7. The molecular weight excluding hydrogens is 708 g/mol. The van der Waals surface area contributed by atoms with Crippen molar-refractivity contribution < 1.29 is 48.6 Å². The van der Waals surface area contributed by atoms with Crippen molar-refractivity contribution in [3.63, 3.8) is 0 Å². The second kappa shape index (κ2) is 26.1. The van der Waals surface area contributed by atoms with Crippen molar-refractivity contribution in [1.29, 1.82) is 0 Å². The molecule has 0 saturated carbocycles. The number of carboxylic acids is 1. The van der Waals surface area contributed by atoms with Crippen LogP contribution in [0.2, 0.25) is 0 Å². The molecule has 0 radical (unpaired) electrons. The van der Waals surface area contributed by atoms with Gasteiger partial charge in [0.15, 0.2) is 5.96 Å². The van der Waals surface area contributed by atoms with Gasteiger partial charge in [0, 0.05) is 6.54 Å². The van der Waals surface area contributed by atoms with Crippen LogP contribution in [0.5, 0.6) is 0 Å². The molecular formula is C29H54N12O10S. The van der Waals surface area contributed by atoms with Gasteiger partial charge in [-0.25, -0.2) is 4.79 Å². The van der Waals surface area contributed by atoms with Crippen molar-refractivity contribution in [3.8, 4) is 0 Å². The number of primary amides is 1. The minimum Gasteiger partial charge on any atom is -0.480 e. The zero-order valence-corrected chi connectivity index (χ0v) is 30.2. The summed E-state index contributed by atoms with van der Waals surface area (Å²) in [6.07, 6.45) is 2.26. The van der Waals surface area contributed by atoms with Crippen LogP contribution in [-0.2, 0) is 38.4 Å². The lowest BCUT2D eigenvalue weighted by atomic mass is 10.1. The molecule has 6 atom stereocenters. The molecule has 0 spiro atoms. The third-order valence-electron chi connectivity index (χ3n) is 7.09. The highest BCUT2D eigenvalue weighted by Crippen LogP contribution is 2.05. The number of carbonyl (C=O) groups excluding carboxylic acids is 7. The lowest BCUT2D eigenvalue weighted by Crippen LogP contribution is -2.60. The van der Waals surface area contributed by atoms with E-state index in [1.165, 1.54) is 18.7 Å². The van der Waals surface area contributed by atoms with E-state index in [4.69, 9.17) is 28.7 Å². The van der Waals surface area contributed by atoms with E-state index in [2.05, 4.69) is 36.9 Å². The first-order valence-electron chi connectivity index (χ1n) is 16.4. The smallest absolute Gasteiger partial charge is 0.326 e. The Labute approximate surface area is 305 Å². The van der Waals surface area contributed by atoms with Gasteiger partial charge >= 0.3 is 5.97 Å². The summed E-state index contributed by atoms with van der Waals surface area (Å²) in [6, 6.07) is -7.98. The second-order valence-electron chi connectivity index (χ2n) is 11.6. The van der Waals surface area contributed by atoms with Crippen LogP contribution in [0.25, 0.3) is 0 Å². The van der Waals surface area contributed by atoms with E-state index in [1.807, 2.05) is 0 Å². The highest BCUT2D eigenvalue weighted by Gasteiger charge is 2.32. The van der Waals surface area contributed by atoms with Gasteiger partial charge in [-0.3, -0.25) is 38.6 Å². The van der Waals surface area contributed by atoms with Crippen LogP contribution in [0.15, 0.2) is 4.99 Å². The molecule has 0 fully saturated rings. The van der Waals surface area contributed by atoms with Crippen LogP contribution in [0.3, 0.4) is 0 Å². The minimum absolute atomic E-state index is 0.00938. The number of carboxylic acid groups (broad SMARTS) is 1. The Morgan fingerprint density at radius 1 is 0.712 bits per heavy atom. The number of guanidine groups is 1. The molecule has 0 aliphatic carbocycles. The van der Waals surface area contributed by atoms with Crippen LogP contribution in [0.4, 0.5) is 0 Å². The standard InChI is InChI=1S/C29H54N12O10S/c1-15(31)23(45)38-17(8-11-52-2)25(47)40-19(12-21(32)43)26(48)41-20(14-42)27(49)39-16(6-3-4-9-30)24(46)36-13-22(44)37-18(28(50)51)7-5-10-35-29(33)34/h15-20,42H,3-14,30-31H2,1-2H3,(H2,32,43)(H,36,46)(H,37,44)(H,38,45)(H,39,49)(H,40,47)(H,41,48)(H,50,51)(H4,33,34,35)/t15-,16-,17-,18-,19-,20-/m0/s1. The van der Waals surface area contributed by atoms with E-state index in [0.717, 1.165) is 0 Å².